The van der Waals surface area contributed by atoms with E-state index in [-0.39, 0.29) is 23.5 Å². The van der Waals surface area contributed by atoms with E-state index in [0.717, 1.165) is 5.56 Å². The summed E-state index contributed by atoms with van der Waals surface area (Å²) >= 11 is 1.65. The summed E-state index contributed by atoms with van der Waals surface area (Å²) < 4.78 is 0. The molecule has 0 saturated carbocycles. The van der Waals surface area contributed by atoms with E-state index in [1.165, 1.54) is 23.9 Å². The van der Waals surface area contributed by atoms with Gasteiger partial charge in [-0.05, 0) is 23.4 Å². The van der Waals surface area contributed by atoms with Gasteiger partial charge in [-0.15, -0.1) is 11.3 Å². The second-order valence-corrected chi connectivity index (χ2v) is 8.60. The average molecular weight is 446 g/mol. The third-order valence-electron chi connectivity index (χ3n) is 5.42. The first-order valence-corrected chi connectivity index (χ1v) is 11.0. The number of likely N-dealkylation sites (tertiary alicyclic amines) is 1. The van der Waals surface area contributed by atoms with Crippen molar-refractivity contribution in [2.75, 3.05) is 19.6 Å². The van der Waals surface area contributed by atoms with Crippen molar-refractivity contribution < 1.29 is 14.5 Å². The highest BCUT2D eigenvalue weighted by molar-refractivity contribution is 7.09. The molecular weight excluding hydrogens is 418 g/mol. The van der Waals surface area contributed by atoms with E-state index in [1.54, 1.807) is 28.4 Å². The Hall–Kier alpha value is -2.82. The molecule has 0 bridgehead atoms. The Labute approximate surface area is 185 Å². The number of hydrogen-bond donors (Lipinski definition) is 2. The molecule has 10 heteroatoms. The SMILES string of the molecule is CC(=O)N1CC(N(Cc2ccc([N+](=O)[O-])cc2)Cc2cccs2)CC1C(=O)NCCN. The van der Waals surface area contributed by atoms with Gasteiger partial charge in [0, 0.05) is 62.7 Å². The van der Waals surface area contributed by atoms with E-state index in [9.17, 15) is 19.7 Å². The lowest BCUT2D eigenvalue weighted by molar-refractivity contribution is -0.384. The maximum atomic E-state index is 12.6. The number of thiophene rings is 1. The number of nitrogens with two attached hydrogens (primary N) is 1. The predicted molar refractivity (Wildman–Crippen MR) is 118 cm³/mol. The molecule has 2 amide bonds. The molecule has 3 rings (SSSR count). The van der Waals surface area contributed by atoms with Crippen LogP contribution in [-0.2, 0) is 22.7 Å². The Balaban J connectivity index is 1.80. The standard InChI is InChI=1S/C21H27N5O4S/c1-15(27)25-13-18(11-20(25)21(28)23-9-8-22)24(14-19-3-2-10-31-19)12-16-4-6-17(7-5-16)26(29)30/h2-7,10,18,20H,8-9,11-14,22H2,1H3,(H,23,28). The van der Waals surface area contributed by atoms with Gasteiger partial charge in [-0.3, -0.25) is 24.6 Å². The number of nitrogens with one attached hydrogen (secondary N) is 1. The van der Waals surface area contributed by atoms with E-state index in [0.29, 0.717) is 39.1 Å². The Morgan fingerprint density at radius 2 is 2.03 bits per heavy atom. The van der Waals surface area contributed by atoms with E-state index < -0.39 is 11.0 Å². The van der Waals surface area contributed by atoms with Crippen molar-refractivity contribution in [2.45, 2.75) is 38.5 Å². The highest BCUT2D eigenvalue weighted by Crippen LogP contribution is 2.27. The van der Waals surface area contributed by atoms with Crippen molar-refractivity contribution in [3.63, 3.8) is 0 Å². The van der Waals surface area contributed by atoms with Crippen LogP contribution >= 0.6 is 11.3 Å². The monoisotopic (exact) mass is 445 g/mol. The summed E-state index contributed by atoms with van der Waals surface area (Å²) in [5.74, 6) is -0.323. The van der Waals surface area contributed by atoms with E-state index in [2.05, 4.69) is 16.3 Å². The molecule has 1 saturated heterocycles. The summed E-state index contributed by atoms with van der Waals surface area (Å²) in [6, 6.07) is 9.99. The van der Waals surface area contributed by atoms with Crippen LogP contribution in [-0.4, -0.2) is 58.3 Å². The molecule has 2 atom stereocenters. The molecule has 2 aromatic rings. The molecule has 3 N–H and O–H groups in total. The smallest absolute Gasteiger partial charge is 0.269 e. The number of amides is 2. The van der Waals surface area contributed by atoms with Crippen LogP contribution in [0, 0.1) is 10.1 Å². The second kappa shape index (κ2) is 10.5. The number of carbonyl (C=O) groups excluding carboxylic acids is 2. The van der Waals surface area contributed by atoms with Crippen molar-refractivity contribution in [3.05, 3.63) is 62.3 Å². The number of hydrogen-bond acceptors (Lipinski definition) is 7. The first-order chi connectivity index (χ1) is 14.9. The third kappa shape index (κ3) is 5.87. The second-order valence-electron chi connectivity index (χ2n) is 7.56. The summed E-state index contributed by atoms with van der Waals surface area (Å²) in [7, 11) is 0. The van der Waals surface area contributed by atoms with Crippen molar-refractivity contribution in [1.29, 1.82) is 0 Å². The number of rotatable bonds is 9. The zero-order chi connectivity index (χ0) is 22.4. The topological polar surface area (TPSA) is 122 Å². The number of benzene rings is 1. The van der Waals surface area contributed by atoms with Crippen LogP contribution in [0.15, 0.2) is 41.8 Å². The van der Waals surface area contributed by atoms with Gasteiger partial charge in [-0.2, -0.15) is 0 Å². The Bertz CT molecular complexity index is 903. The minimum absolute atomic E-state index is 0.0187. The maximum absolute atomic E-state index is 12.6. The molecule has 9 nitrogen and oxygen atoms in total. The zero-order valence-corrected chi connectivity index (χ0v) is 18.2. The van der Waals surface area contributed by atoms with Crippen LogP contribution in [0.1, 0.15) is 23.8 Å². The van der Waals surface area contributed by atoms with Gasteiger partial charge < -0.3 is 16.0 Å². The normalized spacial score (nSPS) is 18.4. The Kier molecular flexibility index (Phi) is 7.72. The minimum atomic E-state index is -0.531. The number of non-ortho nitro benzene ring substituents is 1. The van der Waals surface area contributed by atoms with Crippen LogP contribution < -0.4 is 11.1 Å². The fraction of sp³-hybridized carbons (Fsp3) is 0.429. The number of carbonyl (C=O) groups is 2. The van der Waals surface area contributed by atoms with Crippen LogP contribution in [0.2, 0.25) is 0 Å². The fourth-order valence-corrected chi connectivity index (χ4v) is 4.59. The first-order valence-electron chi connectivity index (χ1n) is 10.1. The molecule has 2 unspecified atom stereocenters. The summed E-state index contributed by atoms with van der Waals surface area (Å²) in [6.45, 7) is 3.87. The molecule has 1 aromatic carbocycles. The molecular formula is C21H27N5O4S. The van der Waals surface area contributed by atoms with Crippen molar-refractivity contribution in [3.8, 4) is 0 Å². The van der Waals surface area contributed by atoms with Gasteiger partial charge >= 0.3 is 0 Å². The quantitative estimate of drug-likeness (QED) is 0.448. The van der Waals surface area contributed by atoms with Crippen molar-refractivity contribution >= 4 is 28.8 Å². The summed E-state index contributed by atoms with van der Waals surface area (Å²) in [5, 5.41) is 15.7. The van der Waals surface area contributed by atoms with E-state index in [4.69, 9.17) is 5.73 Å². The molecule has 0 spiro atoms. The third-order valence-corrected chi connectivity index (χ3v) is 6.28. The Morgan fingerprint density at radius 3 is 2.61 bits per heavy atom. The van der Waals surface area contributed by atoms with E-state index >= 15 is 0 Å². The van der Waals surface area contributed by atoms with Gasteiger partial charge in [0.1, 0.15) is 6.04 Å². The molecule has 1 aliphatic heterocycles. The number of nitrogens with zero attached hydrogens (tertiary/aromatic N) is 3. The Morgan fingerprint density at radius 1 is 1.29 bits per heavy atom. The van der Waals surface area contributed by atoms with Crippen LogP contribution in [0.25, 0.3) is 0 Å². The minimum Gasteiger partial charge on any atom is -0.353 e. The molecule has 31 heavy (non-hydrogen) atoms. The van der Waals surface area contributed by atoms with Crippen molar-refractivity contribution in [2.24, 2.45) is 5.73 Å². The average Bonchev–Trinajstić information content (AvgIpc) is 3.42. The molecule has 2 heterocycles. The van der Waals surface area contributed by atoms with Crippen LogP contribution in [0.3, 0.4) is 0 Å². The molecule has 0 aliphatic carbocycles. The predicted octanol–water partition coefficient (Wildman–Crippen LogP) is 1.72. The molecule has 1 aliphatic rings. The summed E-state index contributed by atoms with van der Waals surface area (Å²) in [5.41, 5.74) is 6.48. The van der Waals surface area contributed by atoms with Gasteiger partial charge in [0.15, 0.2) is 0 Å². The highest BCUT2D eigenvalue weighted by atomic mass is 32.1. The fourth-order valence-electron chi connectivity index (χ4n) is 3.86. The maximum Gasteiger partial charge on any atom is 0.269 e. The molecule has 0 radical (unpaired) electrons. The zero-order valence-electron chi connectivity index (χ0n) is 17.4. The van der Waals surface area contributed by atoms with Crippen LogP contribution in [0.5, 0.6) is 0 Å². The molecule has 1 fully saturated rings. The lowest BCUT2D eigenvalue weighted by Crippen LogP contribution is -2.46. The largest absolute Gasteiger partial charge is 0.353 e. The first kappa shape index (κ1) is 22.9. The van der Waals surface area contributed by atoms with Gasteiger partial charge in [0.2, 0.25) is 11.8 Å². The highest BCUT2D eigenvalue weighted by Gasteiger charge is 2.40. The molecule has 166 valence electrons. The molecule has 1 aromatic heterocycles. The van der Waals surface area contributed by atoms with Crippen molar-refractivity contribution in [1.82, 2.24) is 15.1 Å². The summed E-state index contributed by atoms with van der Waals surface area (Å²) in [6.07, 6.45) is 0.522. The van der Waals surface area contributed by atoms with Gasteiger partial charge in [0.05, 0.1) is 4.92 Å². The summed E-state index contributed by atoms with van der Waals surface area (Å²) in [4.78, 5) is 40.4. The lowest BCUT2D eigenvalue weighted by atomic mass is 10.1. The van der Waals surface area contributed by atoms with Gasteiger partial charge in [0.25, 0.3) is 5.69 Å². The number of nitro groups is 1. The van der Waals surface area contributed by atoms with Gasteiger partial charge in [-0.1, -0.05) is 18.2 Å². The van der Waals surface area contributed by atoms with E-state index in [1.807, 2.05) is 11.4 Å². The van der Waals surface area contributed by atoms with Gasteiger partial charge in [-0.25, -0.2) is 0 Å². The number of nitro benzene ring substituents is 1. The van der Waals surface area contributed by atoms with Crippen LogP contribution in [0.4, 0.5) is 5.69 Å². The lowest BCUT2D eigenvalue weighted by Gasteiger charge is -2.28.